The van der Waals surface area contributed by atoms with Gasteiger partial charge >= 0.3 is 0 Å². The normalized spacial score (nSPS) is 22.5. The minimum atomic E-state index is -1.58. The number of ether oxygens (including phenoxy) is 2. The van der Waals surface area contributed by atoms with Gasteiger partial charge in [0.2, 0.25) is 11.8 Å². The average Bonchev–Trinajstić information content (AvgIpc) is 3.14. The number of fused-ring (bicyclic) bond motifs is 2. The Morgan fingerprint density at radius 2 is 1.81 bits per heavy atom. The summed E-state index contributed by atoms with van der Waals surface area (Å²) < 4.78 is 41.1. The van der Waals surface area contributed by atoms with Crippen molar-refractivity contribution in [2.24, 2.45) is 0 Å². The number of carbonyl (C=O) groups excluding carboxylic acids is 2. The molecular formula is C27H22Cl2F2N2O4. The molecule has 1 spiro atoms. The highest BCUT2D eigenvalue weighted by atomic mass is 35.5. The molecule has 0 unspecified atom stereocenters. The van der Waals surface area contributed by atoms with Crippen molar-refractivity contribution in [3.63, 3.8) is 0 Å². The van der Waals surface area contributed by atoms with Gasteiger partial charge in [0.15, 0.2) is 11.6 Å². The summed E-state index contributed by atoms with van der Waals surface area (Å²) in [6.07, 6.45) is -0.0941. The van der Waals surface area contributed by atoms with Crippen molar-refractivity contribution >= 4 is 40.7 Å². The van der Waals surface area contributed by atoms with E-state index >= 15 is 4.39 Å². The smallest absolute Gasteiger partial charge is 0.238 e. The lowest BCUT2D eigenvalue weighted by Crippen LogP contribution is -2.57. The third kappa shape index (κ3) is 4.23. The van der Waals surface area contributed by atoms with E-state index in [0.29, 0.717) is 26.9 Å². The minimum absolute atomic E-state index is 0.0115. The first-order valence-corrected chi connectivity index (χ1v) is 12.3. The van der Waals surface area contributed by atoms with E-state index < -0.39 is 40.8 Å². The molecule has 2 N–H and O–H groups in total. The maximum absolute atomic E-state index is 15.7. The Hall–Kier alpha value is -3.20. The molecule has 0 aliphatic carbocycles. The monoisotopic (exact) mass is 546 g/mol. The van der Waals surface area contributed by atoms with E-state index in [-0.39, 0.29) is 30.9 Å². The number of amides is 2. The Kier molecular flexibility index (Phi) is 6.83. The molecule has 37 heavy (non-hydrogen) atoms. The largest absolute Gasteiger partial charge is 0.491 e. The number of carbonyl (C=O) groups is 2. The second-order valence-electron chi connectivity index (χ2n) is 8.94. The molecule has 1 saturated heterocycles. The van der Waals surface area contributed by atoms with Crippen molar-refractivity contribution in [2.45, 2.75) is 23.8 Å². The van der Waals surface area contributed by atoms with Crippen LogP contribution >= 0.6 is 23.2 Å². The highest BCUT2D eigenvalue weighted by Crippen LogP contribution is 2.59. The van der Waals surface area contributed by atoms with Gasteiger partial charge in [0.05, 0.1) is 18.2 Å². The number of piperidine rings is 1. The van der Waals surface area contributed by atoms with Crippen molar-refractivity contribution in [2.75, 3.05) is 25.6 Å². The van der Waals surface area contributed by atoms with Crippen molar-refractivity contribution in [1.29, 1.82) is 0 Å². The summed E-state index contributed by atoms with van der Waals surface area (Å²) in [5.41, 5.74) is -0.335. The summed E-state index contributed by atoms with van der Waals surface area (Å²) in [6.45, 7) is 0.228. The predicted molar refractivity (Wildman–Crippen MR) is 135 cm³/mol. The van der Waals surface area contributed by atoms with Crippen LogP contribution in [0.3, 0.4) is 0 Å². The first-order valence-electron chi connectivity index (χ1n) is 11.5. The SMILES string of the molecule is COCCOc1ccc(F)c(F)c1[C@H]1NC(=O)C[C@H](c2cccc(Cl)c2)[C@@]12C(=O)Nc1cc(Cl)ccc12. The van der Waals surface area contributed by atoms with Crippen molar-refractivity contribution in [1.82, 2.24) is 5.32 Å². The summed E-state index contributed by atoms with van der Waals surface area (Å²) in [5.74, 6) is -4.09. The average molecular weight is 547 g/mol. The lowest BCUT2D eigenvalue weighted by atomic mass is 9.59. The zero-order valence-corrected chi connectivity index (χ0v) is 21.1. The zero-order chi connectivity index (χ0) is 26.3. The second-order valence-corrected chi connectivity index (χ2v) is 9.81. The van der Waals surface area contributed by atoms with Crippen LogP contribution in [0.5, 0.6) is 5.75 Å². The van der Waals surface area contributed by atoms with Crippen LogP contribution in [0.1, 0.15) is 35.1 Å². The molecule has 3 aromatic rings. The fourth-order valence-electron chi connectivity index (χ4n) is 5.42. The topological polar surface area (TPSA) is 76.7 Å². The number of methoxy groups -OCH3 is 1. The third-order valence-corrected chi connectivity index (χ3v) is 7.40. The summed E-state index contributed by atoms with van der Waals surface area (Å²) in [7, 11) is 1.48. The molecule has 2 amide bonds. The van der Waals surface area contributed by atoms with Crippen LogP contribution < -0.4 is 15.4 Å². The van der Waals surface area contributed by atoms with Gasteiger partial charge in [0, 0.05) is 35.2 Å². The van der Waals surface area contributed by atoms with Crippen LogP contribution in [0.2, 0.25) is 10.0 Å². The van der Waals surface area contributed by atoms with E-state index in [9.17, 15) is 14.0 Å². The lowest BCUT2D eigenvalue weighted by molar-refractivity contribution is -0.131. The molecule has 3 atom stereocenters. The fraction of sp³-hybridized carbons (Fsp3) is 0.259. The van der Waals surface area contributed by atoms with E-state index in [0.717, 1.165) is 6.07 Å². The van der Waals surface area contributed by atoms with Gasteiger partial charge in [0.25, 0.3) is 0 Å². The molecule has 6 nitrogen and oxygen atoms in total. The van der Waals surface area contributed by atoms with Gasteiger partial charge in [-0.2, -0.15) is 0 Å². The number of rotatable bonds is 6. The second kappa shape index (κ2) is 9.93. The molecule has 2 heterocycles. The van der Waals surface area contributed by atoms with E-state index in [2.05, 4.69) is 10.6 Å². The van der Waals surface area contributed by atoms with E-state index in [1.165, 1.54) is 13.2 Å². The Bertz CT molecular complexity index is 1400. The molecule has 10 heteroatoms. The quantitative estimate of drug-likeness (QED) is 0.398. The van der Waals surface area contributed by atoms with E-state index in [4.69, 9.17) is 32.7 Å². The van der Waals surface area contributed by atoms with Crippen molar-refractivity contribution in [3.8, 4) is 5.75 Å². The molecule has 5 rings (SSSR count). The number of hydrogen-bond acceptors (Lipinski definition) is 4. The van der Waals surface area contributed by atoms with Crippen LogP contribution in [0, 0.1) is 11.6 Å². The molecule has 2 aliphatic heterocycles. The summed E-state index contributed by atoms with van der Waals surface area (Å²) >= 11 is 12.5. The molecule has 1 fully saturated rings. The molecule has 0 radical (unpaired) electrons. The van der Waals surface area contributed by atoms with Gasteiger partial charge in [-0.25, -0.2) is 8.78 Å². The molecule has 192 valence electrons. The Morgan fingerprint density at radius 1 is 1.03 bits per heavy atom. The number of anilines is 1. The fourth-order valence-corrected chi connectivity index (χ4v) is 5.80. The Morgan fingerprint density at radius 3 is 2.57 bits per heavy atom. The molecule has 0 saturated carbocycles. The zero-order valence-electron chi connectivity index (χ0n) is 19.6. The number of halogens is 4. The minimum Gasteiger partial charge on any atom is -0.491 e. The van der Waals surface area contributed by atoms with Crippen LogP contribution in [0.4, 0.5) is 14.5 Å². The summed E-state index contributed by atoms with van der Waals surface area (Å²) in [5, 5.41) is 6.42. The molecule has 3 aromatic carbocycles. The van der Waals surface area contributed by atoms with Crippen molar-refractivity contribution in [3.05, 3.63) is 93.0 Å². The van der Waals surface area contributed by atoms with Gasteiger partial charge in [-0.3, -0.25) is 9.59 Å². The standard InChI is InChI=1S/C27H22Cl2F2N2O4/c1-36-9-10-37-21-8-7-19(30)24(31)23(21)25-27(17-6-5-16(29)12-20(17)32-26(27)35)18(13-22(34)33-25)14-3-2-4-15(28)11-14/h2-8,11-12,18,25H,9-10,13H2,1H3,(H,32,35)(H,33,34)/t18-,25-,27-/m1/s1. The summed E-state index contributed by atoms with van der Waals surface area (Å²) in [6, 6.07) is 12.6. The molecular weight excluding hydrogens is 525 g/mol. The van der Waals surface area contributed by atoms with Crippen LogP contribution in [0.25, 0.3) is 0 Å². The van der Waals surface area contributed by atoms with Gasteiger partial charge in [-0.15, -0.1) is 0 Å². The molecule has 0 bridgehead atoms. The highest BCUT2D eigenvalue weighted by Gasteiger charge is 2.62. The van der Waals surface area contributed by atoms with Gasteiger partial charge in [-0.05, 0) is 47.5 Å². The van der Waals surface area contributed by atoms with Crippen LogP contribution in [-0.4, -0.2) is 32.1 Å². The first kappa shape index (κ1) is 25.4. The van der Waals surface area contributed by atoms with Crippen LogP contribution in [0.15, 0.2) is 54.6 Å². The first-order chi connectivity index (χ1) is 17.8. The summed E-state index contributed by atoms with van der Waals surface area (Å²) in [4.78, 5) is 27.2. The van der Waals surface area contributed by atoms with Gasteiger partial charge < -0.3 is 20.1 Å². The molecule has 2 aliphatic rings. The number of nitrogens with one attached hydrogen (secondary N) is 2. The predicted octanol–water partition coefficient (Wildman–Crippen LogP) is 5.53. The van der Waals surface area contributed by atoms with Gasteiger partial charge in [-0.1, -0.05) is 41.4 Å². The Labute approximate surface area is 221 Å². The maximum Gasteiger partial charge on any atom is 0.238 e. The lowest BCUT2D eigenvalue weighted by Gasteiger charge is -2.46. The molecule has 0 aromatic heterocycles. The van der Waals surface area contributed by atoms with E-state index in [1.54, 1.807) is 42.5 Å². The highest BCUT2D eigenvalue weighted by molar-refractivity contribution is 6.31. The van der Waals surface area contributed by atoms with Crippen molar-refractivity contribution < 1.29 is 27.8 Å². The maximum atomic E-state index is 15.7. The van der Waals surface area contributed by atoms with Crippen LogP contribution in [-0.2, 0) is 19.7 Å². The number of hydrogen-bond donors (Lipinski definition) is 2. The Balaban J connectivity index is 1.80. The van der Waals surface area contributed by atoms with E-state index in [1.807, 2.05) is 0 Å². The third-order valence-electron chi connectivity index (χ3n) is 6.93. The number of benzene rings is 3. The van der Waals surface area contributed by atoms with Gasteiger partial charge in [0.1, 0.15) is 17.8 Å².